The average Bonchev–Trinajstić information content (AvgIpc) is 3.04. The first-order valence-corrected chi connectivity index (χ1v) is 8.81. The topological polar surface area (TPSA) is 89.3 Å². The van der Waals surface area contributed by atoms with Gasteiger partial charge in [0.1, 0.15) is 5.56 Å². The second-order valence-corrected chi connectivity index (χ2v) is 7.98. The lowest BCUT2D eigenvalue weighted by atomic mass is 10.0. The Morgan fingerprint density at radius 3 is 2.55 bits per heavy atom. The van der Waals surface area contributed by atoms with Crippen molar-refractivity contribution in [1.29, 1.82) is 0 Å². The van der Waals surface area contributed by atoms with Crippen LogP contribution >= 0.6 is 0 Å². The molecule has 1 saturated carbocycles. The highest BCUT2D eigenvalue weighted by Crippen LogP contribution is 2.36. The maximum absolute atomic E-state index is 11.5. The van der Waals surface area contributed by atoms with Gasteiger partial charge in [0.05, 0.1) is 23.2 Å². The van der Waals surface area contributed by atoms with Gasteiger partial charge in [0, 0.05) is 12.1 Å². The highest BCUT2D eigenvalue weighted by molar-refractivity contribution is 7.91. The minimum atomic E-state index is -2.99. The van der Waals surface area contributed by atoms with E-state index < -0.39 is 15.8 Å². The van der Waals surface area contributed by atoms with E-state index in [1.54, 1.807) is 4.68 Å². The van der Waals surface area contributed by atoms with Crippen LogP contribution in [0.3, 0.4) is 0 Å². The summed E-state index contributed by atoms with van der Waals surface area (Å²) in [4.78, 5) is 11.4. The van der Waals surface area contributed by atoms with Gasteiger partial charge >= 0.3 is 5.97 Å². The Bertz CT molecular complexity index is 629. The third-order valence-electron chi connectivity index (χ3n) is 4.32. The molecule has 1 unspecified atom stereocenters. The number of aromatic carboxylic acids is 1. The van der Waals surface area contributed by atoms with Crippen LogP contribution < -0.4 is 0 Å². The first-order valence-electron chi connectivity index (χ1n) is 6.99. The van der Waals surface area contributed by atoms with Gasteiger partial charge in [-0.3, -0.25) is 4.68 Å². The second-order valence-electron chi connectivity index (χ2n) is 5.75. The molecule has 1 aliphatic carbocycles. The summed E-state index contributed by atoms with van der Waals surface area (Å²) in [5.41, 5.74) is 0.875. The van der Waals surface area contributed by atoms with Crippen LogP contribution in [0.1, 0.15) is 60.1 Å². The van der Waals surface area contributed by atoms with Crippen LogP contribution in [0.4, 0.5) is 0 Å². The predicted molar refractivity (Wildman–Crippen MR) is 72.7 cm³/mol. The first kappa shape index (κ1) is 13.6. The largest absolute Gasteiger partial charge is 0.478 e. The minimum Gasteiger partial charge on any atom is -0.478 e. The summed E-state index contributed by atoms with van der Waals surface area (Å²) in [6.45, 7) is 0. The van der Waals surface area contributed by atoms with Gasteiger partial charge in [-0.25, -0.2) is 13.2 Å². The molecule has 20 heavy (non-hydrogen) atoms. The molecule has 2 fully saturated rings. The fourth-order valence-corrected chi connectivity index (χ4v) is 4.95. The summed E-state index contributed by atoms with van der Waals surface area (Å²) >= 11 is 0. The molecular formula is C13H18N2O4S. The van der Waals surface area contributed by atoms with Gasteiger partial charge in [0.25, 0.3) is 0 Å². The minimum absolute atomic E-state index is 0.0673. The zero-order valence-electron chi connectivity index (χ0n) is 11.2. The van der Waals surface area contributed by atoms with E-state index in [0.717, 1.165) is 25.7 Å². The molecule has 3 rings (SSSR count). The van der Waals surface area contributed by atoms with Crippen LogP contribution in [0.5, 0.6) is 0 Å². The van der Waals surface area contributed by atoms with Gasteiger partial charge in [-0.15, -0.1) is 0 Å². The Balaban J connectivity index is 1.93. The number of hydrogen-bond acceptors (Lipinski definition) is 4. The molecule has 0 amide bonds. The second kappa shape index (κ2) is 4.87. The third kappa shape index (κ3) is 2.46. The van der Waals surface area contributed by atoms with Crippen LogP contribution in [0.2, 0.25) is 0 Å². The zero-order chi connectivity index (χ0) is 14.3. The summed E-state index contributed by atoms with van der Waals surface area (Å²) < 4.78 is 24.6. The summed E-state index contributed by atoms with van der Waals surface area (Å²) in [7, 11) is -2.99. The van der Waals surface area contributed by atoms with Crippen LogP contribution in [0, 0.1) is 0 Å². The highest BCUT2D eigenvalue weighted by atomic mass is 32.2. The van der Waals surface area contributed by atoms with Crippen molar-refractivity contribution in [1.82, 2.24) is 9.78 Å². The molecular weight excluding hydrogens is 280 g/mol. The van der Waals surface area contributed by atoms with E-state index in [-0.39, 0.29) is 29.0 Å². The van der Waals surface area contributed by atoms with E-state index >= 15 is 0 Å². The number of carboxylic acid groups (broad SMARTS) is 1. The van der Waals surface area contributed by atoms with E-state index in [1.807, 2.05) is 0 Å². The van der Waals surface area contributed by atoms with Gasteiger partial charge < -0.3 is 5.11 Å². The Hall–Kier alpha value is -1.37. The molecule has 1 N–H and O–H groups in total. The summed E-state index contributed by atoms with van der Waals surface area (Å²) in [5, 5.41) is 13.7. The van der Waals surface area contributed by atoms with Gasteiger partial charge in [0.2, 0.25) is 0 Å². The standard InChI is InChI=1S/C13H18N2O4S/c16-13(17)11-7-15(10-5-6-20(18,19)8-10)14-12(11)9-3-1-2-4-9/h7,9-10H,1-6,8H2,(H,16,17). The van der Waals surface area contributed by atoms with Crippen molar-refractivity contribution < 1.29 is 18.3 Å². The lowest BCUT2D eigenvalue weighted by Crippen LogP contribution is -2.12. The maximum Gasteiger partial charge on any atom is 0.339 e. The van der Waals surface area contributed by atoms with Crippen molar-refractivity contribution >= 4 is 15.8 Å². The Morgan fingerprint density at radius 2 is 2.00 bits per heavy atom. The monoisotopic (exact) mass is 298 g/mol. The van der Waals surface area contributed by atoms with Crippen molar-refractivity contribution in [2.45, 2.75) is 44.1 Å². The van der Waals surface area contributed by atoms with E-state index in [0.29, 0.717) is 12.1 Å². The number of sulfone groups is 1. The number of nitrogens with zero attached hydrogens (tertiary/aromatic N) is 2. The normalized spacial score (nSPS) is 26.1. The molecule has 1 aromatic heterocycles. The molecule has 1 saturated heterocycles. The number of carboxylic acids is 1. The number of hydrogen-bond donors (Lipinski definition) is 1. The lowest BCUT2D eigenvalue weighted by Gasteiger charge is -2.09. The molecule has 1 aliphatic heterocycles. The fourth-order valence-electron chi connectivity index (χ4n) is 3.24. The summed E-state index contributed by atoms with van der Waals surface area (Å²) in [6, 6.07) is -0.215. The Kier molecular flexibility index (Phi) is 3.32. The van der Waals surface area contributed by atoms with Crippen molar-refractivity contribution in [2.75, 3.05) is 11.5 Å². The number of rotatable bonds is 3. The highest BCUT2D eigenvalue weighted by Gasteiger charge is 2.32. The molecule has 1 atom stereocenters. The predicted octanol–water partition coefficient (Wildman–Crippen LogP) is 1.60. The van der Waals surface area contributed by atoms with E-state index in [9.17, 15) is 18.3 Å². The smallest absolute Gasteiger partial charge is 0.339 e. The number of aromatic nitrogens is 2. The van der Waals surface area contributed by atoms with Crippen molar-refractivity contribution in [3.05, 3.63) is 17.5 Å². The van der Waals surface area contributed by atoms with Gasteiger partial charge in [0.15, 0.2) is 9.84 Å². The molecule has 110 valence electrons. The van der Waals surface area contributed by atoms with E-state index in [4.69, 9.17) is 0 Å². The quantitative estimate of drug-likeness (QED) is 0.915. The lowest BCUT2D eigenvalue weighted by molar-refractivity contribution is 0.0695. The summed E-state index contributed by atoms with van der Waals surface area (Å²) in [5.74, 6) is -0.532. The van der Waals surface area contributed by atoms with Gasteiger partial charge in [-0.2, -0.15) is 5.10 Å². The molecule has 0 radical (unpaired) electrons. The zero-order valence-corrected chi connectivity index (χ0v) is 12.0. The van der Waals surface area contributed by atoms with Crippen LogP contribution in [-0.2, 0) is 9.84 Å². The number of carbonyl (C=O) groups is 1. The molecule has 1 aromatic rings. The maximum atomic E-state index is 11.5. The molecule has 2 aliphatic rings. The van der Waals surface area contributed by atoms with Crippen molar-refractivity contribution in [2.24, 2.45) is 0 Å². The van der Waals surface area contributed by atoms with Gasteiger partial charge in [-0.1, -0.05) is 12.8 Å². The SMILES string of the molecule is O=C(O)c1cn(C2CCS(=O)(=O)C2)nc1C1CCCC1. The molecule has 6 nitrogen and oxygen atoms in total. The van der Waals surface area contributed by atoms with Crippen LogP contribution in [0.15, 0.2) is 6.20 Å². The average molecular weight is 298 g/mol. The van der Waals surface area contributed by atoms with E-state index in [2.05, 4.69) is 5.10 Å². The van der Waals surface area contributed by atoms with Crippen LogP contribution in [0.25, 0.3) is 0 Å². The Labute approximate surface area is 117 Å². The third-order valence-corrected chi connectivity index (χ3v) is 6.07. The molecule has 0 spiro atoms. The fraction of sp³-hybridized carbons (Fsp3) is 0.692. The molecule has 2 heterocycles. The van der Waals surface area contributed by atoms with Gasteiger partial charge in [-0.05, 0) is 19.3 Å². The Morgan fingerprint density at radius 1 is 1.30 bits per heavy atom. The molecule has 0 aromatic carbocycles. The summed E-state index contributed by atoms with van der Waals surface area (Å²) in [6.07, 6.45) is 6.19. The van der Waals surface area contributed by atoms with Crippen molar-refractivity contribution in [3.8, 4) is 0 Å². The van der Waals surface area contributed by atoms with Crippen molar-refractivity contribution in [3.63, 3.8) is 0 Å². The molecule has 7 heteroatoms. The van der Waals surface area contributed by atoms with Crippen LogP contribution in [-0.4, -0.2) is 40.8 Å². The molecule has 0 bridgehead atoms. The first-order chi connectivity index (χ1) is 9.46. The van der Waals surface area contributed by atoms with E-state index in [1.165, 1.54) is 6.20 Å².